The van der Waals surface area contributed by atoms with Crippen molar-refractivity contribution in [1.29, 1.82) is 0 Å². The molecule has 2 saturated heterocycles. The monoisotopic (exact) mass is 373 g/mol. The van der Waals surface area contributed by atoms with Crippen molar-refractivity contribution in [2.45, 2.75) is 32.2 Å². The third-order valence-corrected chi connectivity index (χ3v) is 6.05. The van der Waals surface area contributed by atoms with Gasteiger partial charge in [0.1, 0.15) is 11.3 Å². The molecule has 1 aromatic carbocycles. The predicted molar refractivity (Wildman–Crippen MR) is 102 cm³/mol. The van der Waals surface area contributed by atoms with Crippen molar-refractivity contribution < 1.29 is 19.2 Å². The van der Waals surface area contributed by atoms with E-state index < -0.39 is 5.54 Å². The number of carbonyl (C=O) groups excluding carboxylic acids is 2. The maximum Gasteiger partial charge on any atom is 0.329 e. The van der Waals surface area contributed by atoms with E-state index in [0.29, 0.717) is 19.2 Å². The molecule has 2 heterocycles. The van der Waals surface area contributed by atoms with E-state index in [-0.39, 0.29) is 11.9 Å². The molecule has 146 valence electrons. The fraction of sp³-hybridized carbons (Fsp3) is 0.600. The number of hydrogen-bond donors (Lipinski definition) is 2. The summed E-state index contributed by atoms with van der Waals surface area (Å²) in [7, 11) is 0. The summed E-state index contributed by atoms with van der Waals surface area (Å²) >= 11 is 0. The van der Waals surface area contributed by atoms with Gasteiger partial charge in [-0.05, 0) is 44.7 Å². The molecule has 2 aliphatic heterocycles. The number of urea groups is 1. The van der Waals surface area contributed by atoms with Crippen molar-refractivity contribution in [2.24, 2.45) is 5.92 Å². The number of imide groups is 1. The molecule has 1 aromatic rings. The lowest BCUT2D eigenvalue weighted by Crippen LogP contribution is -3.16. The number of carbonyl (C=O) groups is 2. The fourth-order valence-corrected chi connectivity index (χ4v) is 4.24. The number of anilines is 1. The van der Waals surface area contributed by atoms with E-state index in [1.807, 2.05) is 32.0 Å². The lowest BCUT2D eigenvalue weighted by Gasteiger charge is -2.35. The van der Waals surface area contributed by atoms with E-state index in [2.05, 4.69) is 16.3 Å². The predicted octanol–water partition coefficient (Wildman–Crippen LogP) is 0.468. The Morgan fingerprint density at radius 2 is 1.93 bits per heavy atom. The zero-order chi connectivity index (χ0) is 19.0. The molecule has 7 nitrogen and oxygen atoms in total. The van der Waals surface area contributed by atoms with Gasteiger partial charge in [0.05, 0.1) is 38.5 Å². The van der Waals surface area contributed by atoms with Crippen LogP contribution < -0.4 is 19.9 Å². The summed E-state index contributed by atoms with van der Waals surface area (Å²) in [5, 5.41) is 2.93. The van der Waals surface area contributed by atoms with E-state index in [1.54, 1.807) is 0 Å². The van der Waals surface area contributed by atoms with Gasteiger partial charge in [-0.25, -0.2) is 9.69 Å². The molecule has 7 heteroatoms. The normalized spacial score (nSPS) is 26.4. The van der Waals surface area contributed by atoms with E-state index in [9.17, 15) is 9.59 Å². The van der Waals surface area contributed by atoms with Gasteiger partial charge >= 0.3 is 6.03 Å². The van der Waals surface area contributed by atoms with Crippen LogP contribution in [0.25, 0.3) is 0 Å². The maximum absolute atomic E-state index is 12.8. The minimum absolute atomic E-state index is 0.0494. The second kappa shape index (κ2) is 7.03. The minimum atomic E-state index is -0.686. The van der Waals surface area contributed by atoms with Crippen molar-refractivity contribution in [3.05, 3.63) is 24.3 Å². The first kappa shape index (κ1) is 18.1. The maximum atomic E-state index is 12.8. The molecule has 0 aromatic heterocycles. The number of nitrogens with zero attached hydrogens (tertiary/aromatic N) is 2. The molecule has 0 bridgehead atoms. The van der Waals surface area contributed by atoms with Crippen molar-refractivity contribution in [1.82, 2.24) is 10.2 Å². The zero-order valence-electron chi connectivity index (χ0n) is 16.2. The first-order valence-corrected chi connectivity index (χ1v) is 9.97. The number of piperazine rings is 1. The van der Waals surface area contributed by atoms with E-state index in [0.717, 1.165) is 50.5 Å². The van der Waals surface area contributed by atoms with Crippen molar-refractivity contribution in [2.75, 3.05) is 44.4 Å². The van der Waals surface area contributed by atoms with Gasteiger partial charge in [-0.15, -0.1) is 0 Å². The largest absolute Gasteiger partial charge is 0.492 e. The van der Waals surface area contributed by atoms with Crippen LogP contribution in [-0.2, 0) is 4.79 Å². The number of nitrogens with one attached hydrogen (secondary N) is 2. The van der Waals surface area contributed by atoms with Crippen molar-refractivity contribution in [3.63, 3.8) is 0 Å². The molecule has 3 amide bonds. The number of rotatable bonds is 6. The van der Waals surface area contributed by atoms with Gasteiger partial charge in [0.2, 0.25) is 0 Å². The summed E-state index contributed by atoms with van der Waals surface area (Å²) < 4.78 is 5.75. The minimum Gasteiger partial charge on any atom is -0.492 e. The number of amides is 3. The molecule has 1 aliphatic carbocycles. The van der Waals surface area contributed by atoms with Crippen LogP contribution in [0, 0.1) is 5.92 Å². The zero-order valence-corrected chi connectivity index (χ0v) is 16.2. The van der Waals surface area contributed by atoms with Gasteiger partial charge in [0.25, 0.3) is 5.91 Å². The Labute approximate surface area is 160 Å². The number of hydrogen-bond acceptors (Lipinski definition) is 4. The fourth-order valence-electron chi connectivity index (χ4n) is 4.24. The molecule has 27 heavy (non-hydrogen) atoms. The molecule has 2 N–H and O–H groups in total. The second-order valence-electron chi connectivity index (χ2n) is 7.94. The first-order valence-electron chi connectivity index (χ1n) is 9.97. The number of benzene rings is 1. The van der Waals surface area contributed by atoms with Gasteiger partial charge in [-0.2, -0.15) is 0 Å². The summed E-state index contributed by atoms with van der Waals surface area (Å²) in [6, 6.07) is 7.89. The van der Waals surface area contributed by atoms with E-state index >= 15 is 0 Å². The molecule has 3 fully saturated rings. The van der Waals surface area contributed by atoms with Crippen LogP contribution in [0.5, 0.6) is 5.75 Å². The van der Waals surface area contributed by atoms with Crippen LogP contribution in [0.4, 0.5) is 10.5 Å². The standard InChI is InChI=1S/C20H28N4O3/c1-3-27-17-7-5-4-6-16(17)23-12-10-22(11-13-23)14-24-18(25)20(2,15-8-9-15)21-19(24)26/h4-7,15H,3,8-14H2,1-2H3,(H,21,26)/p+1/t20-/m1/s1. The van der Waals surface area contributed by atoms with Crippen LogP contribution in [-0.4, -0.2) is 61.8 Å². The van der Waals surface area contributed by atoms with Gasteiger partial charge < -0.3 is 19.9 Å². The molecule has 1 saturated carbocycles. The van der Waals surface area contributed by atoms with Crippen molar-refractivity contribution >= 4 is 17.6 Å². The summed E-state index contributed by atoms with van der Waals surface area (Å²) in [4.78, 5) is 30.2. The second-order valence-corrected chi connectivity index (χ2v) is 7.94. The molecule has 0 unspecified atom stereocenters. The quantitative estimate of drug-likeness (QED) is 0.712. The molecule has 4 rings (SSSR count). The van der Waals surface area contributed by atoms with Gasteiger partial charge in [0, 0.05) is 0 Å². The van der Waals surface area contributed by atoms with Gasteiger partial charge in [0.15, 0.2) is 6.67 Å². The molecule has 0 radical (unpaired) electrons. The van der Waals surface area contributed by atoms with Gasteiger partial charge in [-0.3, -0.25) is 4.79 Å². The Balaban J connectivity index is 1.36. The molecule has 3 aliphatic rings. The highest BCUT2D eigenvalue weighted by Gasteiger charge is 2.56. The number of para-hydroxylation sites is 2. The molecular formula is C20H29N4O3+. The van der Waals surface area contributed by atoms with E-state index in [4.69, 9.17) is 4.74 Å². The third kappa shape index (κ3) is 3.36. The Hall–Kier alpha value is -2.28. The average molecular weight is 373 g/mol. The van der Waals surface area contributed by atoms with Crippen LogP contribution in [0.2, 0.25) is 0 Å². The summed E-state index contributed by atoms with van der Waals surface area (Å²) in [5.41, 5.74) is 0.434. The van der Waals surface area contributed by atoms with Crippen molar-refractivity contribution in [3.8, 4) is 5.75 Å². The highest BCUT2D eigenvalue weighted by molar-refractivity contribution is 6.07. The van der Waals surface area contributed by atoms with Crippen LogP contribution in [0.15, 0.2) is 24.3 Å². The smallest absolute Gasteiger partial charge is 0.329 e. The summed E-state index contributed by atoms with van der Waals surface area (Å²) in [5.74, 6) is 1.17. The van der Waals surface area contributed by atoms with Crippen LogP contribution in [0.3, 0.4) is 0 Å². The van der Waals surface area contributed by atoms with Crippen LogP contribution in [0.1, 0.15) is 26.7 Å². The topological polar surface area (TPSA) is 66.3 Å². The van der Waals surface area contributed by atoms with E-state index in [1.165, 1.54) is 9.80 Å². The number of ether oxygens (including phenoxy) is 1. The Kier molecular flexibility index (Phi) is 4.72. The molecular weight excluding hydrogens is 344 g/mol. The summed E-state index contributed by atoms with van der Waals surface area (Å²) in [6.45, 7) is 8.50. The Morgan fingerprint density at radius 3 is 2.59 bits per heavy atom. The average Bonchev–Trinajstić information content (AvgIpc) is 3.49. The lowest BCUT2D eigenvalue weighted by atomic mass is 9.96. The SMILES string of the molecule is CCOc1ccccc1N1CC[NH+](CN2C(=O)N[C@](C)(C3CC3)C2=O)CC1. The Morgan fingerprint density at radius 1 is 1.22 bits per heavy atom. The Bertz CT molecular complexity index is 728. The van der Waals surface area contributed by atoms with Crippen LogP contribution >= 0.6 is 0 Å². The summed E-state index contributed by atoms with van der Waals surface area (Å²) in [6.07, 6.45) is 2.06. The third-order valence-electron chi connectivity index (χ3n) is 6.05. The molecule has 1 atom stereocenters. The van der Waals surface area contributed by atoms with Gasteiger partial charge in [-0.1, -0.05) is 12.1 Å². The lowest BCUT2D eigenvalue weighted by molar-refractivity contribution is -0.907. The highest BCUT2D eigenvalue weighted by atomic mass is 16.5. The highest BCUT2D eigenvalue weighted by Crippen LogP contribution is 2.42. The number of quaternary nitrogens is 1. The first-order chi connectivity index (χ1) is 13.0. The molecule has 0 spiro atoms.